The maximum Gasteiger partial charge on any atom is 0.413 e. The van der Waals surface area contributed by atoms with E-state index in [2.05, 4.69) is 44.5 Å². The minimum atomic E-state index is -0.556. The zero-order valence-corrected chi connectivity index (χ0v) is 16.0. The molecule has 0 radical (unpaired) electrons. The average Bonchev–Trinajstić information content (AvgIpc) is 3.24. The number of anilines is 1. The van der Waals surface area contributed by atoms with Crippen LogP contribution in [0.3, 0.4) is 0 Å². The SMILES string of the molecule is O=C(Nc1nc2cnc(Cl)nc2s1)OCC1c2ccccc2-c2ccccc21. The van der Waals surface area contributed by atoms with E-state index in [1.54, 1.807) is 0 Å². The summed E-state index contributed by atoms with van der Waals surface area (Å²) in [4.78, 5) is 25.1. The third kappa shape index (κ3) is 2.98. The molecule has 1 aliphatic carbocycles. The molecule has 6 nitrogen and oxygen atoms in total. The molecule has 4 aromatic rings. The second-order valence-corrected chi connectivity index (χ2v) is 7.61. The lowest BCUT2D eigenvalue weighted by molar-refractivity contribution is 0.158. The number of halogens is 1. The van der Waals surface area contributed by atoms with Crippen molar-refractivity contribution < 1.29 is 9.53 Å². The van der Waals surface area contributed by atoms with Gasteiger partial charge in [-0.3, -0.25) is 5.32 Å². The summed E-state index contributed by atoms with van der Waals surface area (Å²) in [5.74, 6) is 0.0122. The summed E-state index contributed by atoms with van der Waals surface area (Å²) >= 11 is 7.00. The van der Waals surface area contributed by atoms with Crippen molar-refractivity contribution in [3.63, 3.8) is 0 Å². The van der Waals surface area contributed by atoms with Gasteiger partial charge in [-0.25, -0.2) is 19.7 Å². The Morgan fingerprint density at radius 3 is 2.46 bits per heavy atom. The number of aromatic nitrogens is 3. The molecule has 0 spiro atoms. The molecule has 2 aromatic heterocycles. The summed E-state index contributed by atoms with van der Waals surface area (Å²) in [6, 6.07) is 16.4. The Bertz CT molecular complexity index is 1160. The van der Waals surface area contributed by atoms with Crippen LogP contribution in [-0.2, 0) is 4.74 Å². The fourth-order valence-electron chi connectivity index (χ4n) is 3.49. The van der Waals surface area contributed by atoms with Gasteiger partial charge in [-0.05, 0) is 33.9 Å². The molecule has 0 aliphatic heterocycles. The quantitative estimate of drug-likeness (QED) is 0.477. The topological polar surface area (TPSA) is 77.0 Å². The number of hydrogen-bond donors (Lipinski definition) is 1. The molecule has 2 heterocycles. The van der Waals surface area contributed by atoms with E-state index in [-0.39, 0.29) is 17.8 Å². The zero-order valence-electron chi connectivity index (χ0n) is 14.4. The minimum Gasteiger partial charge on any atom is -0.448 e. The number of nitrogens with zero attached hydrogens (tertiary/aromatic N) is 3. The highest BCUT2D eigenvalue weighted by Crippen LogP contribution is 2.44. The first-order valence-corrected chi connectivity index (χ1v) is 9.79. The molecule has 5 rings (SSSR count). The number of fused-ring (bicyclic) bond motifs is 4. The van der Waals surface area contributed by atoms with Crippen molar-refractivity contribution in [2.24, 2.45) is 0 Å². The van der Waals surface area contributed by atoms with Gasteiger partial charge in [-0.2, -0.15) is 0 Å². The Kier molecular flexibility index (Phi) is 4.18. The van der Waals surface area contributed by atoms with Crippen LogP contribution in [0.15, 0.2) is 54.7 Å². The summed E-state index contributed by atoms with van der Waals surface area (Å²) in [6.07, 6.45) is 0.962. The molecule has 0 unspecified atom stereocenters. The number of hydrogen-bond acceptors (Lipinski definition) is 6. The van der Waals surface area contributed by atoms with Crippen molar-refractivity contribution in [2.45, 2.75) is 5.92 Å². The lowest BCUT2D eigenvalue weighted by Crippen LogP contribution is -2.17. The van der Waals surface area contributed by atoms with E-state index in [0.717, 1.165) is 0 Å². The summed E-state index contributed by atoms with van der Waals surface area (Å²) in [5, 5.41) is 3.19. The van der Waals surface area contributed by atoms with E-state index < -0.39 is 6.09 Å². The fraction of sp³-hybridized carbons (Fsp3) is 0.100. The van der Waals surface area contributed by atoms with Gasteiger partial charge in [-0.1, -0.05) is 59.9 Å². The molecule has 1 aliphatic rings. The summed E-state index contributed by atoms with van der Waals surface area (Å²) in [6.45, 7) is 0.246. The molecule has 28 heavy (non-hydrogen) atoms. The number of benzene rings is 2. The van der Waals surface area contributed by atoms with E-state index in [1.165, 1.54) is 39.8 Å². The standard InChI is InChI=1S/C20H13ClN4O2S/c21-18-22-9-16-17(24-18)28-19(23-16)25-20(26)27-10-15-13-7-3-1-5-11(13)12-6-2-4-8-14(12)15/h1-9,15H,10H2,(H,23,25,26). The molecule has 8 heteroatoms. The molecular weight excluding hydrogens is 396 g/mol. The molecule has 0 saturated heterocycles. The lowest BCUT2D eigenvalue weighted by atomic mass is 9.98. The smallest absolute Gasteiger partial charge is 0.413 e. The third-order valence-corrected chi connectivity index (χ3v) is 5.74. The van der Waals surface area contributed by atoms with Gasteiger partial charge in [0.05, 0.1) is 6.20 Å². The van der Waals surface area contributed by atoms with Crippen LogP contribution in [0.5, 0.6) is 0 Å². The first-order valence-electron chi connectivity index (χ1n) is 8.60. The molecule has 2 aromatic carbocycles. The van der Waals surface area contributed by atoms with Crippen LogP contribution < -0.4 is 5.32 Å². The highest BCUT2D eigenvalue weighted by molar-refractivity contribution is 7.21. The Morgan fingerprint density at radius 2 is 1.75 bits per heavy atom. The zero-order chi connectivity index (χ0) is 19.1. The number of rotatable bonds is 3. The van der Waals surface area contributed by atoms with E-state index in [9.17, 15) is 4.79 Å². The lowest BCUT2D eigenvalue weighted by Gasteiger charge is -2.14. The Hall–Kier alpha value is -3.03. The van der Waals surface area contributed by atoms with Gasteiger partial charge < -0.3 is 4.74 Å². The number of carbonyl (C=O) groups is 1. The number of nitrogens with one attached hydrogen (secondary N) is 1. The van der Waals surface area contributed by atoms with Crippen LogP contribution in [0.2, 0.25) is 5.28 Å². The number of thiazole rings is 1. The normalized spacial score (nSPS) is 12.6. The second-order valence-electron chi connectivity index (χ2n) is 6.30. The molecule has 138 valence electrons. The van der Waals surface area contributed by atoms with E-state index >= 15 is 0 Å². The van der Waals surface area contributed by atoms with Crippen molar-refractivity contribution in [3.05, 3.63) is 71.1 Å². The molecule has 0 fully saturated rings. The van der Waals surface area contributed by atoms with E-state index in [4.69, 9.17) is 16.3 Å². The van der Waals surface area contributed by atoms with Crippen LogP contribution >= 0.6 is 22.9 Å². The van der Waals surface area contributed by atoms with Crippen LogP contribution in [0.25, 0.3) is 21.5 Å². The van der Waals surface area contributed by atoms with Gasteiger partial charge in [-0.15, -0.1) is 0 Å². The van der Waals surface area contributed by atoms with Gasteiger partial charge in [0.15, 0.2) is 5.13 Å². The first-order chi connectivity index (χ1) is 13.7. The molecule has 0 saturated carbocycles. The number of ether oxygens (including phenoxy) is 1. The second kappa shape index (κ2) is 6.85. The summed E-state index contributed by atoms with van der Waals surface area (Å²) in [7, 11) is 0. The number of amides is 1. The van der Waals surface area contributed by atoms with Crippen LogP contribution in [0, 0.1) is 0 Å². The van der Waals surface area contributed by atoms with Crippen LogP contribution in [0.1, 0.15) is 17.0 Å². The summed E-state index contributed by atoms with van der Waals surface area (Å²) in [5.41, 5.74) is 5.29. The predicted molar refractivity (Wildman–Crippen MR) is 109 cm³/mol. The largest absolute Gasteiger partial charge is 0.448 e. The van der Waals surface area contributed by atoms with Crippen molar-refractivity contribution in [3.8, 4) is 11.1 Å². The van der Waals surface area contributed by atoms with Gasteiger partial charge in [0.2, 0.25) is 5.28 Å². The Labute approximate surface area is 169 Å². The van der Waals surface area contributed by atoms with Gasteiger partial charge >= 0.3 is 6.09 Å². The van der Waals surface area contributed by atoms with Crippen LogP contribution in [-0.4, -0.2) is 27.7 Å². The molecule has 1 amide bonds. The van der Waals surface area contributed by atoms with Crippen LogP contribution in [0.4, 0.5) is 9.93 Å². The predicted octanol–water partition coefficient (Wildman–Crippen LogP) is 5.10. The van der Waals surface area contributed by atoms with Crippen molar-refractivity contribution in [1.29, 1.82) is 0 Å². The third-order valence-electron chi connectivity index (χ3n) is 4.67. The highest BCUT2D eigenvalue weighted by Gasteiger charge is 2.29. The highest BCUT2D eigenvalue weighted by atomic mass is 35.5. The Balaban J connectivity index is 1.32. The van der Waals surface area contributed by atoms with Gasteiger partial charge in [0.25, 0.3) is 0 Å². The van der Waals surface area contributed by atoms with Crippen molar-refractivity contribution in [1.82, 2.24) is 15.0 Å². The van der Waals surface area contributed by atoms with E-state index in [1.807, 2.05) is 24.3 Å². The molecule has 0 atom stereocenters. The van der Waals surface area contributed by atoms with E-state index in [0.29, 0.717) is 15.5 Å². The average molecular weight is 409 g/mol. The van der Waals surface area contributed by atoms with Gasteiger partial charge in [0.1, 0.15) is 17.0 Å². The van der Waals surface area contributed by atoms with Crippen molar-refractivity contribution in [2.75, 3.05) is 11.9 Å². The maximum absolute atomic E-state index is 12.3. The molecular formula is C20H13ClN4O2S. The van der Waals surface area contributed by atoms with Crippen molar-refractivity contribution >= 4 is 44.5 Å². The monoisotopic (exact) mass is 408 g/mol. The molecule has 0 bridgehead atoms. The number of carbonyl (C=O) groups excluding carboxylic acids is 1. The Morgan fingerprint density at radius 1 is 1.07 bits per heavy atom. The summed E-state index contributed by atoms with van der Waals surface area (Å²) < 4.78 is 5.52. The van der Waals surface area contributed by atoms with Gasteiger partial charge in [0, 0.05) is 5.92 Å². The minimum absolute atomic E-state index is 0.0122. The molecule has 1 N–H and O–H groups in total. The maximum atomic E-state index is 12.3. The fourth-order valence-corrected chi connectivity index (χ4v) is 4.47. The first kappa shape index (κ1) is 17.1.